The summed E-state index contributed by atoms with van der Waals surface area (Å²) in [4.78, 5) is 23.3. The van der Waals surface area contributed by atoms with Crippen molar-refractivity contribution < 1.29 is 49.8 Å². The molecule has 11 heteroatoms. The van der Waals surface area contributed by atoms with Crippen molar-refractivity contribution in [2.45, 2.75) is 89.8 Å². The molecule has 3 unspecified atom stereocenters. The van der Waals surface area contributed by atoms with Gasteiger partial charge in [-0.2, -0.15) is 30.7 Å². The molecule has 6 atom stereocenters. The summed E-state index contributed by atoms with van der Waals surface area (Å²) in [6.45, 7) is 5.59. The molecular weight excluding hydrogens is 497 g/mol. The monoisotopic (exact) mass is 526 g/mol. The molecule has 4 rings (SSSR count). The molecule has 0 heterocycles. The van der Waals surface area contributed by atoms with E-state index in [-0.39, 0.29) is 29.8 Å². The van der Waals surface area contributed by atoms with E-state index < -0.39 is 35.2 Å². The highest BCUT2D eigenvalue weighted by atomic mass is 19.4. The Kier molecular flexibility index (Phi) is 6.35. The van der Waals surface area contributed by atoms with Gasteiger partial charge in [-0.1, -0.05) is 19.4 Å². The minimum atomic E-state index is -6.62. The third-order valence-electron chi connectivity index (χ3n) is 9.22. The standard InChI is InChI=1S/C25H29F7O4/c1-13(33)35-19-7-6-17-16-5-4-14-12-15(8-10-21(14,2)18(16)9-11-22(17,19)3)36-20(34)23(26,27)24(28,29)25(30,31)32/h8,12,16-19H,4-7,9-11H2,1-3H3/t16?,17?,18?,19-,21-,22-/m0/s1. The lowest BCUT2D eigenvalue weighted by Crippen LogP contribution is -2.56. The van der Waals surface area contributed by atoms with Gasteiger partial charge in [-0.25, -0.2) is 4.79 Å². The topological polar surface area (TPSA) is 52.6 Å². The van der Waals surface area contributed by atoms with Crippen molar-refractivity contribution in [2.24, 2.45) is 28.6 Å². The summed E-state index contributed by atoms with van der Waals surface area (Å²) >= 11 is 0. The molecule has 202 valence electrons. The normalized spacial score (nSPS) is 36.6. The lowest BCUT2D eigenvalue weighted by Gasteiger charge is -2.57. The second kappa shape index (κ2) is 8.48. The Morgan fingerprint density at radius 1 is 0.972 bits per heavy atom. The molecular formula is C25H29F7O4. The zero-order valence-corrected chi connectivity index (χ0v) is 20.2. The number of alkyl halides is 7. The van der Waals surface area contributed by atoms with Crippen molar-refractivity contribution in [3.63, 3.8) is 0 Å². The SMILES string of the molecule is CC(=O)O[C@H]1CCC2C3CCC4=CC(OC(=O)C(F)(F)C(F)(F)C(F)(F)F)=CC[C@]4(C)C3CC[C@@]21C. The Bertz CT molecular complexity index is 1000. The number of hydrogen-bond acceptors (Lipinski definition) is 4. The molecule has 0 amide bonds. The zero-order valence-electron chi connectivity index (χ0n) is 20.2. The van der Waals surface area contributed by atoms with E-state index in [1.54, 1.807) is 0 Å². The van der Waals surface area contributed by atoms with Gasteiger partial charge in [-0.15, -0.1) is 0 Å². The van der Waals surface area contributed by atoms with Crippen LogP contribution in [0.2, 0.25) is 0 Å². The molecule has 0 aromatic heterocycles. The number of carbonyl (C=O) groups excluding carboxylic acids is 2. The Labute approximate surface area is 204 Å². The fourth-order valence-corrected chi connectivity index (χ4v) is 7.28. The molecule has 4 aliphatic rings. The van der Waals surface area contributed by atoms with Gasteiger partial charge in [0.05, 0.1) is 0 Å². The molecule has 4 aliphatic carbocycles. The predicted octanol–water partition coefficient (Wildman–Crippen LogP) is 6.75. The molecule has 0 bridgehead atoms. The van der Waals surface area contributed by atoms with Gasteiger partial charge in [-0.05, 0) is 80.3 Å². The van der Waals surface area contributed by atoms with E-state index in [0.29, 0.717) is 18.3 Å². The number of ether oxygens (including phenoxy) is 2. The Morgan fingerprint density at radius 3 is 2.25 bits per heavy atom. The van der Waals surface area contributed by atoms with Crippen LogP contribution in [0.15, 0.2) is 23.5 Å². The first kappa shape index (κ1) is 27.0. The van der Waals surface area contributed by atoms with Crippen molar-refractivity contribution in [2.75, 3.05) is 0 Å². The third kappa shape index (κ3) is 3.95. The molecule has 0 N–H and O–H groups in total. The average molecular weight is 526 g/mol. The Hall–Kier alpha value is -2.07. The van der Waals surface area contributed by atoms with E-state index >= 15 is 0 Å². The summed E-state index contributed by atoms with van der Waals surface area (Å²) in [6, 6.07) is 0. The van der Waals surface area contributed by atoms with Gasteiger partial charge in [0.15, 0.2) is 0 Å². The predicted molar refractivity (Wildman–Crippen MR) is 113 cm³/mol. The van der Waals surface area contributed by atoms with Gasteiger partial charge in [0.25, 0.3) is 0 Å². The minimum Gasteiger partial charge on any atom is -0.462 e. The summed E-state index contributed by atoms with van der Waals surface area (Å²) in [6.07, 6.45) is 0.878. The van der Waals surface area contributed by atoms with E-state index in [9.17, 15) is 40.3 Å². The highest BCUT2D eigenvalue weighted by Gasteiger charge is 2.77. The van der Waals surface area contributed by atoms with Crippen molar-refractivity contribution in [3.05, 3.63) is 23.5 Å². The molecule has 4 nitrogen and oxygen atoms in total. The summed E-state index contributed by atoms with van der Waals surface area (Å²) in [5.74, 6) is -15.4. The maximum atomic E-state index is 13.7. The van der Waals surface area contributed by atoms with E-state index in [1.165, 1.54) is 19.1 Å². The number of hydrogen-bond donors (Lipinski definition) is 0. The number of allylic oxidation sites excluding steroid dienone is 3. The summed E-state index contributed by atoms with van der Waals surface area (Å²) in [5, 5.41) is 0. The highest BCUT2D eigenvalue weighted by molar-refractivity contribution is 5.80. The quantitative estimate of drug-likeness (QED) is 0.300. The minimum absolute atomic E-state index is 0.134. The second-order valence-electron chi connectivity index (χ2n) is 11.1. The summed E-state index contributed by atoms with van der Waals surface area (Å²) < 4.78 is 101. The number of rotatable bonds is 4. The van der Waals surface area contributed by atoms with Crippen molar-refractivity contribution >= 4 is 11.9 Å². The lowest BCUT2D eigenvalue weighted by molar-refractivity contribution is -0.347. The highest BCUT2D eigenvalue weighted by Crippen LogP contribution is 2.65. The van der Waals surface area contributed by atoms with Crippen LogP contribution >= 0.6 is 0 Å². The lowest BCUT2D eigenvalue weighted by atomic mass is 9.48. The molecule has 3 saturated carbocycles. The van der Waals surface area contributed by atoms with Gasteiger partial charge < -0.3 is 9.47 Å². The van der Waals surface area contributed by atoms with Crippen LogP contribution in [0.4, 0.5) is 30.7 Å². The first-order valence-corrected chi connectivity index (χ1v) is 12.1. The largest absolute Gasteiger partial charge is 0.462 e. The molecule has 0 aliphatic heterocycles. The van der Waals surface area contributed by atoms with Gasteiger partial charge in [0, 0.05) is 12.3 Å². The van der Waals surface area contributed by atoms with Gasteiger partial charge in [0.1, 0.15) is 11.9 Å². The first-order valence-electron chi connectivity index (χ1n) is 12.1. The van der Waals surface area contributed by atoms with E-state index in [0.717, 1.165) is 37.7 Å². The summed E-state index contributed by atoms with van der Waals surface area (Å²) in [7, 11) is 0. The van der Waals surface area contributed by atoms with Crippen LogP contribution < -0.4 is 0 Å². The third-order valence-corrected chi connectivity index (χ3v) is 9.22. The van der Waals surface area contributed by atoms with Crippen molar-refractivity contribution in [1.82, 2.24) is 0 Å². The maximum Gasteiger partial charge on any atom is 0.460 e. The number of esters is 2. The van der Waals surface area contributed by atoms with Crippen LogP contribution in [0, 0.1) is 28.6 Å². The van der Waals surface area contributed by atoms with Gasteiger partial charge >= 0.3 is 30.0 Å². The number of halogens is 7. The van der Waals surface area contributed by atoms with Crippen LogP contribution in [0.5, 0.6) is 0 Å². The zero-order chi connectivity index (χ0) is 26.9. The van der Waals surface area contributed by atoms with Crippen LogP contribution in [-0.2, 0) is 19.1 Å². The van der Waals surface area contributed by atoms with Gasteiger partial charge in [-0.3, -0.25) is 4.79 Å². The molecule has 0 spiro atoms. The number of fused-ring (bicyclic) bond motifs is 5. The van der Waals surface area contributed by atoms with Gasteiger partial charge in [0.2, 0.25) is 0 Å². The molecule has 0 radical (unpaired) electrons. The fourth-order valence-electron chi connectivity index (χ4n) is 7.28. The molecule has 0 aromatic carbocycles. The van der Waals surface area contributed by atoms with Crippen LogP contribution in [-0.4, -0.2) is 36.1 Å². The van der Waals surface area contributed by atoms with Crippen LogP contribution in [0.1, 0.15) is 65.7 Å². The summed E-state index contributed by atoms with van der Waals surface area (Å²) in [5.41, 5.74) is 0.279. The van der Waals surface area contributed by atoms with Crippen LogP contribution in [0.25, 0.3) is 0 Å². The number of carbonyl (C=O) groups is 2. The van der Waals surface area contributed by atoms with E-state index in [2.05, 4.69) is 11.7 Å². The molecule has 0 saturated heterocycles. The second-order valence-corrected chi connectivity index (χ2v) is 11.1. The maximum absolute atomic E-state index is 13.7. The Morgan fingerprint density at radius 2 is 1.64 bits per heavy atom. The smallest absolute Gasteiger partial charge is 0.460 e. The Balaban J connectivity index is 1.50. The van der Waals surface area contributed by atoms with Crippen molar-refractivity contribution in [3.8, 4) is 0 Å². The first-order chi connectivity index (χ1) is 16.4. The van der Waals surface area contributed by atoms with Crippen LogP contribution in [0.3, 0.4) is 0 Å². The molecule has 0 aromatic rings. The van der Waals surface area contributed by atoms with E-state index in [1.807, 2.05) is 6.92 Å². The average Bonchev–Trinajstić information content (AvgIpc) is 3.08. The molecule has 36 heavy (non-hydrogen) atoms. The van der Waals surface area contributed by atoms with Crippen molar-refractivity contribution in [1.29, 1.82) is 0 Å². The fraction of sp³-hybridized carbons (Fsp3) is 0.760. The van der Waals surface area contributed by atoms with E-state index in [4.69, 9.17) is 4.74 Å². The molecule has 3 fully saturated rings.